The highest BCUT2D eigenvalue weighted by Crippen LogP contribution is 2.09. The molecule has 0 fully saturated rings. The molecule has 0 rings (SSSR count). The minimum Gasteiger partial charge on any atom is -0.342 e. The Labute approximate surface area is 91.4 Å². The van der Waals surface area contributed by atoms with Gasteiger partial charge in [-0.05, 0) is 25.6 Å². The molecule has 0 saturated heterocycles. The number of nitrogens with zero attached hydrogens (tertiary/aromatic N) is 1. The fourth-order valence-electron chi connectivity index (χ4n) is 1.33. The smallest absolute Gasteiger partial charge is 0.222 e. The van der Waals surface area contributed by atoms with E-state index in [1.807, 2.05) is 11.9 Å². The predicted octanol–water partition coefficient (Wildman–Crippen LogP) is 1.33. The molecule has 0 aromatic heterocycles. The lowest BCUT2D eigenvalue weighted by molar-refractivity contribution is -0.131. The van der Waals surface area contributed by atoms with Gasteiger partial charge in [-0.1, -0.05) is 6.92 Å². The van der Waals surface area contributed by atoms with Crippen LogP contribution in [0.5, 0.6) is 0 Å². The summed E-state index contributed by atoms with van der Waals surface area (Å²) in [4.78, 5) is 13.5. The van der Waals surface area contributed by atoms with Crippen molar-refractivity contribution in [3.8, 4) is 0 Å². The molecule has 14 heavy (non-hydrogen) atoms. The summed E-state index contributed by atoms with van der Waals surface area (Å²) in [5, 5.41) is 0. The van der Waals surface area contributed by atoms with Gasteiger partial charge in [0, 0.05) is 25.3 Å². The fourth-order valence-corrected chi connectivity index (χ4v) is 2.17. The van der Waals surface area contributed by atoms with Crippen LogP contribution in [0.3, 0.4) is 0 Å². The van der Waals surface area contributed by atoms with Crippen LogP contribution in [0.1, 0.15) is 26.2 Å². The van der Waals surface area contributed by atoms with Gasteiger partial charge in [0.05, 0.1) is 0 Å². The zero-order chi connectivity index (χ0) is 11.0. The highest BCUT2D eigenvalue weighted by atomic mass is 32.2. The third-order valence-electron chi connectivity index (χ3n) is 2.37. The summed E-state index contributed by atoms with van der Waals surface area (Å²) in [6.07, 6.45) is 4.46. The zero-order valence-electron chi connectivity index (χ0n) is 9.45. The third kappa shape index (κ3) is 4.86. The van der Waals surface area contributed by atoms with E-state index in [1.165, 1.54) is 0 Å². The Morgan fingerprint density at radius 2 is 2.21 bits per heavy atom. The van der Waals surface area contributed by atoms with Gasteiger partial charge in [0.25, 0.3) is 0 Å². The predicted molar refractivity (Wildman–Crippen MR) is 63.5 cm³/mol. The average Bonchev–Trinajstić information content (AvgIpc) is 2.21. The number of amides is 1. The Kier molecular flexibility index (Phi) is 7.99. The molecule has 0 aliphatic carbocycles. The standard InChI is InChI=1S/C10H22N2OS/c1-4-9(8-14-3)12(2)10(13)6-5-7-11/h9H,4-8,11H2,1-3H3. The van der Waals surface area contributed by atoms with E-state index in [0.29, 0.717) is 19.0 Å². The molecule has 84 valence electrons. The van der Waals surface area contributed by atoms with Gasteiger partial charge in [0.1, 0.15) is 0 Å². The minimum absolute atomic E-state index is 0.219. The van der Waals surface area contributed by atoms with E-state index in [9.17, 15) is 4.79 Å². The number of carbonyl (C=O) groups is 1. The van der Waals surface area contributed by atoms with Crippen LogP contribution in [0.25, 0.3) is 0 Å². The van der Waals surface area contributed by atoms with Crippen molar-refractivity contribution < 1.29 is 4.79 Å². The SMILES string of the molecule is CCC(CSC)N(C)C(=O)CCCN. The van der Waals surface area contributed by atoms with Gasteiger partial charge in [0.15, 0.2) is 0 Å². The van der Waals surface area contributed by atoms with E-state index in [-0.39, 0.29) is 5.91 Å². The van der Waals surface area contributed by atoms with E-state index < -0.39 is 0 Å². The van der Waals surface area contributed by atoms with Gasteiger partial charge in [-0.2, -0.15) is 11.8 Å². The van der Waals surface area contributed by atoms with Crippen molar-refractivity contribution in [3.05, 3.63) is 0 Å². The van der Waals surface area contributed by atoms with E-state index in [1.54, 1.807) is 11.8 Å². The van der Waals surface area contributed by atoms with Crippen LogP contribution in [0.2, 0.25) is 0 Å². The quantitative estimate of drug-likeness (QED) is 0.701. The Hall–Kier alpha value is -0.220. The van der Waals surface area contributed by atoms with Crippen LogP contribution in [0.15, 0.2) is 0 Å². The number of nitrogens with two attached hydrogens (primary N) is 1. The first-order chi connectivity index (χ1) is 6.67. The van der Waals surface area contributed by atoms with Crippen LogP contribution < -0.4 is 5.73 Å². The molecule has 2 N–H and O–H groups in total. The summed E-state index contributed by atoms with van der Waals surface area (Å²) >= 11 is 1.79. The van der Waals surface area contributed by atoms with E-state index in [4.69, 9.17) is 5.73 Å². The summed E-state index contributed by atoms with van der Waals surface area (Å²) < 4.78 is 0. The fraction of sp³-hybridized carbons (Fsp3) is 0.900. The van der Waals surface area contributed by atoms with Gasteiger partial charge in [-0.15, -0.1) is 0 Å². The summed E-state index contributed by atoms with van der Waals surface area (Å²) in [5.74, 6) is 1.23. The molecule has 3 nitrogen and oxygen atoms in total. The van der Waals surface area contributed by atoms with Crippen molar-refractivity contribution >= 4 is 17.7 Å². The summed E-state index contributed by atoms with van der Waals surface area (Å²) in [5.41, 5.74) is 5.37. The molecule has 0 aromatic rings. The van der Waals surface area contributed by atoms with Crippen LogP contribution in [0, 0.1) is 0 Å². The lowest BCUT2D eigenvalue weighted by Gasteiger charge is -2.26. The maximum Gasteiger partial charge on any atom is 0.222 e. The van der Waals surface area contributed by atoms with Crippen LogP contribution in [-0.2, 0) is 4.79 Å². The molecule has 1 amide bonds. The van der Waals surface area contributed by atoms with Crippen molar-refractivity contribution in [2.45, 2.75) is 32.2 Å². The zero-order valence-corrected chi connectivity index (χ0v) is 10.3. The van der Waals surface area contributed by atoms with Crippen molar-refractivity contribution in [1.82, 2.24) is 4.90 Å². The van der Waals surface area contributed by atoms with Crippen molar-refractivity contribution in [1.29, 1.82) is 0 Å². The lowest BCUT2D eigenvalue weighted by atomic mass is 10.2. The lowest BCUT2D eigenvalue weighted by Crippen LogP contribution is -2.38. The Morgan fingerprint density at radius 1 is 1.57 bits per heavy atom. The number of rotatable bonds is 7. The molecular formula is C10H22N2OS. The van der Waals surface area contributed by atoms with Crippen molar-refractivity contribution in [2.24, 2.45) is 5.73 Å². The maximum absolute atomic E-state index is 11.6. The summed E-state index contributed by atoms with van der Waals surface area (Å²) in [7, 11) is 1.89. The molecule has 0 radical (unpaired) electrons. The van der Waals surface area contributed by atoms with E-state index in [0.717, 1.165) is 18.6 Å². The third-order valence-corrected chi connectivity index (χ3v) is 3.08. The number of hydrogen-bond donors (Lipinski definition) is 1. The molecule has 0 aromatic carbocycles. The van der Waals surface area contributed by atoms with Crippen molar-refractivity contribution in [3.63, 3.8) is 0 Å². The van der Waals surface area contributed by atoms with E-state index >= 15 is 0 Å². The van der Waals surface area contributed by atoms with Gasteiger partial charge in [-0.25, -0.2) is 0 Å². The second-order valence-corrected chi connectivity index (χ2v) is 4.32. The molecule has 0 bridgehead atoms. The Morgan fingerprint density at radius 3 is 2.64 bits per heavy atom. The molecular weight excluding hydrogens is 196 g/mol. The largest absolute Gasteiger partial charge is 0.342 e. The molecule has 0 aliphatic heterocycles. The van der Waals surface area contributed by atoms with Crippen LogP contribution in [0.4, 0.5) is 0 Å². The number of thioether (sulfide) groups is 1. The van der Waals surface area contributed by atoms with Crippen LogP contribution >= 0.6 is 11.8 Å². The topological polar surface area (TPSA) is 46.3 Å². The van der Waals surface area contributed by atoms with Gasteiger partial charge in [-0.3, -0.25) is 4.79 Å². The molecule has 1 atom stereocenters. The average molecular weight is 218 g/mol. The maximum atomic E-state index is 11.6. The molecule has 0 spiro atoms. The summed E-state index contributed by atoms with van der Waals surface area (Å²) in [6.45, 7) is 2.71. The summed E-state index contributed by atoms with van der Waals surface area (Å²) in [6, 6.07) is 0.371. The molecule has 1 unspecified atom stereocenters. The monoisotopic (exact) mass is 218 g/mol. The first-order valence-corrected chi connectivity index (χ1v) is 6.51. The molecule has 4 heteroatoms. The molecule has 0 aliphatic rings. The Bertz CT molecular complexity index is 164. The van der Waals surface area contributed by atoms with Gasteiger partial charge >= 0.3 is 0 Å². The van der Waals surface area contributed by atoms with Gasteiger partial charge in [0.2, 0.25) is 5.91 Å². The minimum atomic E-state index is 0.219. The van der Waals surface area contributed by atoms with E-state index in [2.05, 4.69) is 13.2 Å². The highest BCUT2D eigenvalue weighted by Gasteiger charge is 2.16. The second-order valence-electron chi connectivity index (χ2n) is 3.41. The molecule has 0 heterocycles. The number of carbonyl (C=O) groups excluding carboxylic acids is 1. The normalized spacial score (nSPS) is 12.6. The highest BCUT2D eigenvalue weighted by molar-refractivity contribution is 7.98. The first kappa shape index (κ1) is 13.8. The second kappa shape index (κ2) is 8.12. The van der Waals surface area contributed by atoms with Crippen LogP contribution in [-0.4, -0.2) is 42.4 Å². The first-order valence-electron chi connectivity index (χ1n) is 5.12. The van der Waals surface area contributed by atoms with Crippen molar-refractivity contribution in [2.75, 3.05) is 25.6 Å². The number of hydrogen-bond acceptors (Lipinski definition) is 3. The van der Waals surface area contributed by atoms with Gasteiger partial charge < -0.3 is 10.6 Å². The Balaban J connectivity index is 3.98. The molecule has 0 saturated carbocycles.